The van der Waals surface area contributed by atoms with E-state index in [0.29, 0.717) is 16.8 Å². The molecule has 5 rings (SSSR count). The average Bonchev–Trinajstić information content (AvgIpc) is 3.44. The van der Waals surface area contributed by atoms with Gasteiger partial charge in [-0.1, -0.05) is 17.3 Å². The first-order valence-corrected chi connectivity index (χ1v) is 11.5. The number of carbonyl (C=O) groups excluding carboxylic acids is 1. The van der Waals surface area contributed by atoms with E-state index in [1.165, 1.54) is 25.6 Å². The molecule has 0 aliphatic heterocycles. The molecule has 1 N–H and O–H groups in total. The molecule has 10 nitrogen and oxygen atoms in total. The summed E-state index contributed by atoms with van der Waals surface area (Å²) in [5.74, 6) is 6.45. The predicted molar refractivity (Wildman–Crippen MR) is 124 cm³/mol. The van der Waals surface area contributed by atoms with E-state index in [2.05, 4.69) is 47.5 Å². The molecule has 1 saturated carbocycles. The summed E-state index contributed by atoms with van der Waals surface area (Å²) in [5.41, 5.74) is 0.287. The van der Waals surface area contributed by atoms with E-state index < -0.39 is 18.0 Å². The number of carbonyl (C=O) groups is 1. The Morgan fingerprint density at radius 3 is 2.69 bits per heavy atom. The lowest BCUT2D eigenvalue weighted by Crippen LogP contribution is -2.14. The van der Waals surface area contributed by atoms with Gasteiger partial charge in [-0.15, -0.1) is 20.4 Å². The number of halogens is 2. The van der Waals surface area contributed by atoms with Crippen molar-refractivity contribution in [3.8, 4) is 40.3 Å². The van der Waals surface area contributed by atoms with Crippen LogP contribution >= 0.6 is 11.3 Å². The molecule has 0 atom stereocenters. The molecule has 0 unspecified atom stereocenters. The van der Waals surface area contributed by atoms with Gasteiger partial charge in [0.2, 0.25) is 11.0 Å². The van der Waals surface area contributed by atoms with Crippen LogP contribution in [0.3, 0.4) is 0 Å². The Hall–Kier alpha value is -4.31. The van der Waals surface area contributed by atoms with Crippen molar-refractivity contribution in [3.05, 3.63) is 46.7 Å². The quantitative estimate of drug-likeness (QED) is 0.378. The summed E-state index contributed by atoms with van der Waals surface area (Å²) in [6, 6.07) is 2.65. The lowest BCUT2D eigenvalue weighted by molar-refractivity contribution is 0.102. The number of nitrogens with one attached hydrogen (secondary N) is 1. The zero-order valence-corrected chi connectivity index (χ0v) is 19.8. The van der Waals surface area contributed by atoms with E-state index in [4.69, 9.17) is 9.15 Å². The number of rotatable bonds is 6. The largest absolute Gasteiger partial charge is 0.494 e. The molecule has 0 aromatic carbocycles. The van der Waals surface area contributed by atoms with Crippen LogP contribution in [0.5, 0.6) is 5.75 Å². The smallest absolute Gasteiger partial charge is 0.280 e. The van der Waals surface area contributed by atoms with Gasteiger partial charge in [-0.25, -0.2) is 8.78 Å². The lowest BCUT2D eigenvalue weighted by Gasteiger charge is -2.14. The molecule has 0 bridgehead atoms. The second kappa shape index (κ2) is 9.74. The Morgan fingerprint density at radius 2 is 2.00 bits per heavy atom. The van der Waals surface area contributed by atoms with Gasteiger partial charge in [-0.2, -0.15) is 0 Å². The fourth-order valence-corrected chi connectivity index (χ4v) is 3.81. The van der Waals surface area contributed by atoms with Gasteiger partial charge in [0.25, 0.3) is 18.2 Å². The Bertz CT molecular complexity index is 1500. The van der Waals surface area contributed by atoms with Crippen LogP contribution in [0.15, 0.2) is 28.9 Å². The summed E-state index contributed by atoms with van der Waals surface area (Å²) in [6.07, 6.45) is 1.79. The maximum atomic E-state index is 13.5. The van der Waals surface area contributed by atoms with Gasteiger partial charge in [0.05, 0.1) is 18.9 Å². The summed E-state index contributed by atoms with van der Waals surface area (Å²) < 4.78 is 37.7. The van der Waals surface area contributed by atoms with Gasteiger partial charge in [0.1, 0.15) is 17.1 Å². The molecule has 4 heterocycles. The number of hydrogen-bond donors (Lipinski definition) is 1. The number of ether oxygens (including phenoxy) is 1. The molecular formula is C23H17F2N7O3S. The zero-order valence-electron chi connectivity index (χ0n) is 19.0. The van der Waals surface area contributed by atoms with E-state index in [1.807, 2.05) is 0 Å². The van der Waals surface area contributed by atoms with Crippen molar-refractivity contribution >= 4 is 22.4 Å². The topological polar surface area (TPSA) is 129 Å². The molecule has 4 aromatic heterocycles. The molecule has 36 heavy (non-hydrogen) atoms. The van der Waals surface area contributed by atoms with E-state index in [9.17, 15) is 13.6 Å². The summed E-state index contributed by atoms with van der Waals surface area (Å²) in [4.78, 5) is 21.3. The maximum Gasteiger partial charge on any atom is 0.280 e. The number of anilines is 1. The fourth-order valence-electron chi connectivity index (χ4n) is 3.21. The van der Waals surface area contributed by atoms with E-state index in [-0.39, 0.29) is 39.2 Å². The molecule has 0 spiro atoms. The van der Waals surface area contributed by atoms with Crippen LogP contribution in [0, 0.1) is 24.7 Å². The number of aryl methyl sites for hydroxylation is 1. The maximum absolute atomic E-state index is 13.5. The first-order chi connectivity index (χ1) is 17.4. The number of methoxy groups -OCH3 is 1. The van der Waals surface area contributed by atoms with Crippen LogP contribution in [-0.4, -0.2) is 43.4 Å². The van der Waals surface area contributed by atoms with Gasteiger partial charge in [0.15, 0.2) is 5.01 Å². The highest BCUT2D eigenvalue weighted by Gasteiger charge is 2.23. The van der Waals surface area contributed by atoms with Crippen molar-refractivity contribution in [2.75, 3.05) is 12.4 Å². The highest BCUT2D eigenvalue weighted by Crippen LogP contribution is 2.36. The van der Waals surface area contributed by atoms with Crippen molar-refractivity contribution in [1.82, 2.24) is 30.4 Å². The molecule has 182 valence electrons. The minimum atomic E-state index is -2.83. The van der Waals surface area contributed by atoms with Crippen molar-refractivity contribution in [2.24, 2.45) is 5.92 Å². The molecule has 1 aliphatic carbocycles. The minimum absolute atomic E-state index is 0.0699. The van der Waals surface area contributed by atoms with Gasteiger partial charge >= 0.3 is 0 Å². The average molecular weight is 509 g/mol. The van der Waals surface area contributed by atoms with E-state index in [1.54, 1.807) is 6.92 Å². The van der Waals surface area contributed by atoms with Crippen LogP contribution in [0.4, 0.5) is 13.9 Å². The van der Waals surface area contributed by atoms with E-state index >= 15 is 0 Å². The summed E-state index contributed by atoms with van der Waals surface area (Å²) in [7, 11) is 1.37. The molecule has 13 heteroatoms. The van der Waals surface area contributed by atoms with Crippen molar-refractivity contribution < 1.29 is 22.7 Å². The van der Waals surface area contributed by atoms with Gasteiger partial charge < -0.3 is 9.15 Å². The SMILES string of the molecule is COc1cnc(C(F)F)cc1-c1cc(-c2nnc(C)o2)ncc1C(=O)Nc1nnc(C#CC2CC2)s1. The van der Waals surface area contributed by atoms with Crippen LogP contribution in [0.2, 0.25) is 0 Å². The molecule has 1 aliphatic rings. The third-order valence-corrected chi connectivity index (χ3v) is 5.88. The highest BCUT2D eigenvalue weighted by atomic mass is 32.1. The van der Waals surface area contributed by atoms with Gasteiger partial charge in [0, 0.05) is 30.2 Å². The minimum Gasteiger partial charge on any atom is -0.494 e. The number of aromatic nitrogens is 6. The molecule has 1 fully saturated rings. The third-order valence-electron chi connectivity index (χ3n) is 5.12. The van der Waals surface area contributed by atoms with Gasteiger partial charge in [-0.05, 0) is 30.9 Å². The number of hydrogen-bond acceptors (Lipinski definition) is 10. The molecule has 1 amide bonds. The van der Waals surface area contributed by atoms with Crippen LogP contribution in [-0.2, 0) is 0 Å². The first-order valence-electron chi connectivity index (χ1n) is 10.7. The molecular weight excluding hydrogens is 492 g/mol. The Morgan fingerprint density at radius 1 is 1.17 bits per heavy atom. The number of alkyl halides is 2. The zero-order chi connectivity index (χ0) is 25.2. The summed E-state index contributed by atoms with van der Waals surface area (Å²) in [6.45, 7) is 1.62. The highest BCUT2D eigenvalue weighted by molar-refractivity contribution is 7.15. The van der Waals surface area contributed by atoms with Gasteiger partial charge in [-0.3, -0.25) is 20.1 Å². The van der Waals surface area contributed by atoms with Crippen molar-refractivity contribution in [3.63, 3.8) is 0 Å². The Labute approximate surface area is 207 Å². The monoisotopic (exact) mass is 509 g/mol. The van der Waals surface area contributed by atoms with Crippen LogP contribution < -0.4 is 10.1 Å². The van der Waals surface area contributed by atoms with E-state index in [0.717, 1.165) is 30.2 Å². The second-order valence-corrected chi connectivity index (χ2v) is 8.74. The lowest BCUT2D eigenvalue weighted by atomic mass is 9.99. The number of nitrogens with zero attached hydrogens (tertiary/aromatic N) is 6. The number of amides is 1. The molecule has 0 radical (unpaired) electrons. The van der Waals surface area contributed by atoms with Crippen LogP contribution in [0.1, 0.15) is 46.2 Å². The standard InChI is InChI=1S/C23H17F2N7O3S/c1-11-29-31-22(35-11)17-7-13(14-8-16(20(24)25)27-10-18(14)34-2)15(9-26-17)21(33)28-23-32-30-19(36-23)6-5-12-3-4-12/h7-10,12,20H,3-4H2,1-2H3,(H,28,32,33). The third kappa shape index (κ3) is 5.03. The Balaban J connectivity index is 1.55. The molecule has 0 saturated heterocycles. The molecule has 4 aromatic rings. The fraction of sp³-hybridized carbons (Fsp3) is 0.261. The second-order valence-electron chi connectivity index (χ2n) is 7.76. The first kappa shape index (κ1) is 23.4. The normalized spacial score (nSPS) is 12.8. The van der Waals surface area contributed by atoms with Crippen molar-refractivity contribution in [2.45, 2.75) is 26.2 Å². The summed E-state index contributed by atoms with van der Waals surface area (Å²) in [5, 5.41) is 19.1. The van der Waals surface area contributed by atoms with Crippen LogP contribution in [0.25, 0.3) is 22.7 Å². The van der Waals surface area contributed by atoms with Crippen molar-refractivity contribution in [1.29, 1.82) is 0 Å². The predicted octanol–water partition coefficient (Wildman–Crippen LogP) is 4.31. The number of pyridine rings is 2. The summed E-state index contributed by atoms with van der Waals surface area (Å²) >= 11 is 1.13. The Kier molecular flexibility index (Phi) is 6.34.